The molecule has 3 aromatic rings. The molecule has 2 aromatic carbocycles. The second-order valence-corrected chi connectivity index (χ2v) is 5.79. The number of hydrogen-bond acceptors (Lipinski definition) is 7. The number of amides is 2. The molecule has 2 heterocycles. The zero-order chi connectivity index (χ0) is 18.3. The van der Waals surface area contributed by atoms with Crippen LogP contribution in [0.4, 0.5) is 0 Å². The van der Waals surface area contributed by atoms with Crippen LogP contribution in [-0.4, -0.2) is 27.0 Å². The number of fused-ring (bicyclic) bond motifs is 1. The summed E-state index contributed by atoms with van der Waals surface area (Å²) >= 11 is 0. The van der Waals surface area contributed by atoms with E-state index in [4.69, 9.17) is 4.42 Å². The van der Waals surface area contributed by atoms with Gasteiger partial charge in [0, 0.05) is 6.42 Å². The molecule has 1 unspecified atom stereocenters. The summed E-state index contributed by atoms with van der Waals surface area (Å²) in [5.41, 5.74) is 1.26. The summed E-state index contributed by atoms with van der Waals surface area (Å²) < 4.78 is 9.37. The number of benzene rings is 2. The lowest BCUT2D eigenvalue weighted by atomic mass is 10.0. The molecule has 0 saturated carbocycles. The molecule has 1 aromatic heterocycles. The van der Waals surface area contributed by atoms with Gasteiger partial charge in [-0.15, -0.1) is 0 Å². The van der Waals surface area contributed by atoms with Crippen LogP contribution in [0.3, 0.4) is 0 Å². The average Bonchev–Trinajstić information content (AvgIpc) is 3.18. The summed E-state index contributed by atoms with van der Waals surface area (Å²) in [6, 6.07) is 11.7. The van der Waals surface area contributed by atoms with Crippen molar-refractivity contribution in [1.29, 1.82) is 0 Å². The van der Waals surface area contributed by atoms with Crippen molar-refractivity contribution in [2.45, 2.75) is 12.5 Å². The highest BCUT2D eigenvalue weighted by Crippen LogP contribution is 2.32. The first kappa shape index (κ1) is 15.8. The van der Waals surface area contributed by atoms with E-state index in [9.17, 15) is 19.5 Å². The SMILES string of the molecule is O=C1c2ccccc2C(=O)N1C(Cc1ccc(O)cc1)c1noc(=O)o1. The van der Waals surface area contributed by atoms with Crippen LogP contribution in [0.1, 0.15) is 38.2 Å². The quantitative estimate of drug-likeness (QED) is 0.713. The van der Waals surface area contributed by atoms with E-state index in [0.29, 0.717) is 5.56 Å². The Morgan fingerprint density at radius 1 is 0.962 bits per heavy atom. The van der Waals surface area contributed by atoms with Crippen LogP contribution < -0.4 is 5.82 Å². The lowest BCUT2D eigenvalue weighted by Gasteiger charge is -2.23. The minimum absolute atomic E-state index is 0.0824. The van der Waals surface area contributed by atoms with Gasteiger partial charge in [-0.2, -0.15) is 0 Å². The number of phenols is 1. The highest BCUT2D eigenvalue weighted by Gasteiger charge is 2.42. The summed E-state index contributed by atoms with van der Waals surface area (Å²) in [7, 11) is 0. The van der Waals surface area contributed by atoms with Crippen molar-refractivity contribution >= 4 is 11.8 Å². The average molecular weight is 352 g/mol. The molecule has 0 fully saturated rings. The van der Waals surface area contributed by atoms with Crippen molar-refractivity contribution in [2.75, 3.05) is 0 Å². The van der Waals surface area contributed by atoms with Crippen LogP contribution >= 0.6 is 0 Å². The lowest BCUT2D eigenvalue weighted by Crippen LogP contribution is -2.35. The smallest absolute Gasteiger partial charge is 0.508 e. The Kier molecular flexibility index (Phi) is 3.65. The Morgan fingerprint density at radius 2 is 1.58 bits per heavy atom. The minimum atomic E-state index is -1.02. The molecular formula is C18H12N2O6. The van der Waals surface area contributed by atoms with E-state index in [0.717, 1.165) is 4.90 Å². The van der Waals surface area contributed by atoms with E-state index in [-0.39, 0.29) is 29.2 Å². The van der Waals surface area contributed by atoms with Crippen LogP contribution in [0.25, 0.3) is 0 Å². The van der Waals surface area contributed by atoms with Crippen LogP contribution in [0.5, 0.6) is 5.75 Å². The summed E-state index contributed by atoms with van der Waals surface area (Å²) in [4.78, 5) is 37.8. The van der Waals surface area contributed by atoms with Gasteiger partial charge in [0.05, 0.1) is 11.1 Å². The van der Waals surface area contributed by atoms with Crippen molar-refractivity contribution in [1.82, 2.24) is 10.1 Å². The first-order chi connectivity index (χ1) is 12.5. The normalized spacial score (nSPS) is 14.5. The second-order valence-electron chi connectivity index (χ2n) is 5.79. The molecule has 0 saturated heterocycles. The first-order valence-corrected chi connectivity index (χ1v) is 7.76. The molecule has 1 aliphatic heterocycles. The summed E-state index contributed by atoms with van der Waals surface area (Å²) in [6.07, 6.45) is 0.140. The third kappa shape index (κ3) is 2.57. The molecule has 1 aliphatic rings. The maximum atomic E-state index is 12.8. The molecule has 0 radical (unpaired) electrons. The summed E-state index contributed by atoms with van der Waals surface area (Å²) in [6.45, 7) is 0. The molecular weight excluding hydrogens is 340 g/mol. The van der Waals surface area contributed by atoms with Gasteiger partial charge in [0.15, 0.2) is 0 Å². The number of phenolic OH excluding ortho intramolecular Hbond substituents is 1. The zero-order valence-corrected chi connectivity index (χ0v) is 13.3. The highest BCUT2D eigenvalue weighted by molar-refractivity contribution is 6.21. The predicted octanol–water partition coefficient (Wildman–Crippen LogP) is 1.91. The lowest BCUT2D eigenvalue weighted by molar-refractivity contribution is 0.0555. The Bertz CT molecular complexity index is 1010. The van der Waals surface area contributed by atoms with Gasteiger partial charge in [-0.1, -0.05) is 24.3 Å². The van der Waals surface area contributed by atoms with Gasteiger partial charge in [-0.25, -0.2) is 4.79 Å². The fraction of sp³-hybridized carbons (Fsp3) is 0.111. The van der Waals surface area contributed by atoms with Crippen molar-refractivity contribution < 1.29 is 23.6 Å². The number of rotatable bonds is 4. The number of carbonyl (C=O) groups is 2. The summed E-state index contributed by atoms with van der Waals surface area (Å²) in [5.74, 6) is -2.11. The van der Waals surface area contributed by atoms with E-state index in [1.807, 2.05) is 0 Å². The van der Waals surface area contributed by atoms with Gasteiger partial charge in [-0.05, 0) is 35.0 Å². The largest absolute Gasteiger partial charge is 0.542 e. The molecule has 26 heavy (non-hydrogen) atoms. The molecule has 4 rings (SSSR count). The van der Waals surface area contributed by atoms with Crippen molar-refractivity contribution in [3.8, 4) is 5.75 Å². The number of carbonyl (C=O) groups excluding carboxylic acids is 2. The molecule has 1 atom stereocenters. The molecule has 2 amide bonds. The maximum absolute atomic E-state index is 12.8. The van der Waals surface area contributed by atoms with E-state index in [2.05, 4.69) is 9.68 Å². The van der Waals surface area contributed by atoms with E-state index < -0.39 is 23.7 Å². The second kappa shape index (κ2) is 5.99. The third-order valence-corrected chi connectivity index (χ3v) is 4.19. The number of nitrogens with zero attached hydrogens (tertiary/aromatic N) is 2. The predicted molar refractivity (Wildman–Crippen MR) is 86.5 cm³/mol. The molecule has 0 aliphatic carbocycles. The summed E-state index contributed by atoms with van der Waals surface area (Å²) in [5, 5.41) is 13.0. The Labute approximate surface area is 146 Å². The standard InChI is InChI=1S/C18H12N2O6/c21-11-7-5-10(6-8-11)9-14(15-19-26-18(24)25-15)20-16(22)12-3-1-2-4-13(12)17(20)23/h1-8,14,21H,9H2. The Hall–Kier alpha value is -3.68. The van der Waals surface area contributed by atoms with E-state index in [1.54, 1.807) is 36.4 Å². The third-order valence-electron chi connectivity index (χ3n) is 4.19. The highest BCUT2D eigenvalue weighted by atomic mass is 16.6. The number of aromatic hydroxyl groups is 1. The van der Waals surface area contributed by atoms with Gasteiger partial charge in [0.25, 0.3) is 17.7 Å². The molecule has 130 valence electrons. The fourth-order valence-electron chi connectivity index (χ4n) is 2.97. The first-order valence-electron chi connectivity index (χ1n) is 7.76. The zero-order valence-electron chi connectivity index (χ0n) is 13.3. The fourth-order valence-corrected chi connectivity index (χ4v) is 2.97. The van der Waals surface area contributed by atoms with Crippen molar-refractivity contribution in [2.24, 2.45) is 0 Å². The van der Waals surface area contributed by atoms with Crippen LogP contribution in [0.2, 0.25) is 0 Å². The van der Waals surface area contributed by atoms with Crippen molar-refractivity contribution in [3.63, 3.8) is 0 Å². The monoisotopic (exact) mass is 352 g/mol. The van der Waals surface area contributed by atoms with Gasteiger partial charge in [-0.3, -0.25) is 19.0 Å². The number of aromatic nitrogens is 1. The van der Waals surface area contributed by atoms with Gasteiger partial charge >= 0.3 is 5.82 Å². The number of imide groups is 1. The van der Waals surface area contributed by atoms with E-state index in [1.165, 1.54) is 12.1 Å². The molecule has 8 nitrogen and oxygen atoms in total. The minimum Gasteiger partial charge on any atom is -0.508 e. The molecule has 8 heteroatoms. The van der Waals surface area contributed by atoms with Crippen LogP contribution in [-0.2, 0) is 6.42 Å². The molecule has 1 N–H and O–H groups in total. The topological polar surface area (TPSA) is 114 Å². The van der Waals surface area contributed by atoms with E-state index >= 15 is 0 Å². The van der Waals surface area contributed by atoms with Gasteiger partial charge in [0.2, 0.25) is 0 Å². The van der Waals surface area contributed by atoms with Crippen LogP contribution in [0.15, 0.2) is 62.3 Å². The maximum Gasteiger partial charge on any atom is 0.542 e. The number of hydrogen-bond donors (Lipinski definition) is 1. The van der Waals surface area contributed by atoms with Crippen LogP contribution in [0, 0.1) is 0 Å². The van der Waals surface area contributed by atoms with Gasteiger partial charge < -0.3 is 9.52 Å². The van der Waals surface area contributed by atoms with Crippen molar-refractivity contribution in [3.05, 3.63) is 81.7 Å². The van der Waals surface area contributed by atoms with Gasteiger partial charge in [0.1, 0.15) is 11.8 Å². The molecule has 0 bridgehead atoms. The Balaban J connectivity index is 1.76. The molecule has 0 spiro atoms. The Morgan fingerprint density at radius 3 is 2.12 bits per heavy atom.